The van der Waals surface area contributed by atoms with Gasteiger partial charge in [-0.05, 0) is 47.0 Å². The molecular formula is C23H17F3O4. The van der Waals surface area contributed by atoms with E-state index in [-0.39, 0.29) is 5.75 Å². The van der Waals surface area contributed by atoms with Crippen LogP contribution in [0.1, 0.15) is 11.1 Å². The molecule has 7 heteroatoms. The van der Waals surface area contributed by atoms with Gasteiger partial charge in [0, 0.05) is 11.6 Å². The summed E-state index contributed by atoms with van der Waals surface area (Å²) in [6.45, 7) is 0.303. The molecule has 0 unspecified atom stereocenters. The summed E-state index contributed by atoms with van der Waals surface area (Å²) in [5, 5.41) is 8.95. The van der Waals surface area contributed by atoms with Gasteiger partial charge in [-0.25, -0.2) is 4.79 Å². The summed E-state index contributed by atoms with van der Waals surface area (Å²) in [7, 11) is 0. The Morgan fingerprint density at radius 1 is 0.933 bits per heavy atom. The van der Waals surface area contributed by atoms with E-state index in [1.54, 1.807) is 18.2 Å². The molecule has 3 aromatic rings. The first-order valence-electron chi connectivity index (χ1n) is 8.88. The van der Waals surface area contributed by atoms with Crippen molar-refractivity contribution in [1.29, 1.82) is 0 Å². The van der Waals surface area contributed by atoms with Gasteiger partial charge in [-0.1, -0.05) is 48.5 Å². The number of benzene rings is 3. The fraction of sp³-hybridized carbons (Fsp3) is 0.0870. The van der Waals surface area contributed by atoms with Crippen LogP contribution in [0, 0.1) is 0 Å². The molecule has 1 N–H and O–H groups in total. The highest BCUT2D eigenvalue weighted by atomic mass is 19.4. The molecule has 0 bridgehead atoms. The number of carboxylic acid groups (broad SMARTS) is 1. The third-order valence-electron chi connectivity index (χ3n) is 4.07. The average Bonchev–Trinajstić information content (AvgIpc) is 2.71. The second-order valence-electron chi connectivity index (χ2n) is 6.27. The molecule has 0 aliphatic rings. The average molecular weight is 414 g/mol. The van der Waals surface area contributed by atoms with Gasteiger partial charge in [0.25, 0.3) is 0 Å². The van der Waals surface area contributed by atoms with E-state index >= 15 is 0 Å². The number of carboxylic acids is 1. The number of carbonyl (C=O) groups is 1. The standard InChI is InChI=1S/C23H17F3O4/c24-23(25,26)30-20-10-6-17(7-11-20)18-8-12-21(19(14-18)9-13-22(27)28)29-15-16-4-2-1-3-5-16/h1-14H,15H2,(H,27,28)/b13-9+. The monoisotopic (exact) mass is 414 g/mol. The SMILES string of the molecule is O=C(O)/C=C/c1cc(-c2ccc(OC(F)(F)F)cc2)ccc1OCc1ccccc1. The lowest BCUT2D eigenvalue weighted by Gasteiger charge is -2.12. The fourth-order valence-corrected chi connectivity index (χ4v) is 2.74. The lowest BCUT2D eigenvalue weighted by Crippen LogP contribution is -2.16. The van der Waals surface area contributed by atoms with Crippen LogP contribution in [-0.4, -0.2) is 17.4 Å². The Morgan fingerprint density at radius 3 is 2.23 bits per heavy atom. The number of aliphatic carboxylic acids is 1. The lowest BCUT2D eigenvalue weighted by atomic mass is 10.0. The summed E-state index contributed by atoms with van der Waals surface area (Å²) in [5.74, 6) is -0.944. The van der Waals surface area contributed by atoms with Crippen LogP contribution in [0.25, 0.3) is 17.2 Å². The van der Waals surface area contributed by atoms with Crippen molar-refractivity contribution in [2.45, 2.75) is 13.0 Å². The number of ether oxygens (including phenoxy) is 2. The molecule has 0 aliphatic heterocycles. The normalized spacial score (nSPS) is 11.4. The Bertz CT molecular complexity index is 1030. The third-order valence-corrected chi connectivity index (χ3v) is 4.07. The maximum Gasteiger partial charge on any atom is 0.573 e. The van der Waals surface area contributed by atoms with Crippen LogP contribution in [0.3, 0.4) is 0 Å². The molecular weight excluding hydrogens is 397 g/mol. The Labute approximate surface area is 170 Å². The summed E-state index contributed by atoms with van der Waals surface area (Å²) >= 11 is 0. The number of hydrogen-bond acceptors (Lipinski definition) is 3. The van der Waals surface area contributed by atoms with Crippen LogP contribution in [0.5, 0.6) is 11.5 Å². The molecule has 0 heterocycles. The molecule has 0 amide bonds. The van der Waals surface area contributed by atoms with Gasteiger partial charge >= 0.3 is 12.3 Å². The Balaban J connectivity index is 1.85. The summed E-state index contributed by atoms with van der Waals surface area (Å²) < 4.78 is 46.7. The van der Waals surface area contributed by atoms with Crippen molar-refractivity contribution in [2.24, 2.45) is 0 Å². The van der Waals surface area contributed by atoms with Crippen molar-refractivity contribution in [2.75, 3.05) is 0 Å². The number of rotatable bonds is 7. The molecule has 0 spiro atoms. The molecule has 0 saturated heterocycles. The first-order valence-corrected chi connectivity index (χ1v) is 8.88. The van der Waals surface area contributed by atoms with Crippen LogP contribution in [-0.2, 0) is 11.4 Å². The molecule has 0 radical (unpaired) electrons. The zero-order valence-electron chi connectivity index (χ0n) is 15.6. The van der Waals surface area contributed by atoms with Crippen molar-refractivity contribution in [3.63, 3.8) is 0 Å². The molecule has 0 atom stereocenters. The van der Waals surface area contributed by atoms with Crippen LogP contribution in [0.2, 0.25) is 0 Å². The highest BCUT2D eigenvalue weighted by molar-refractivity contribution is 5.86. The van der Waals surface area contributed by atoms with E-state index in [0.29, 0.717) is 29.0 Å². The van der Waals surface area contributed by atoms with Crippen LogP contribution >= 0.6 is 0 Å². The highest BCUT2D eigenvalue weighted by Crippen LogP contribution is 2.30. The minimum absolute atomic E-state index is 0.303. The molecule has 3 aromatic carbocycles. The molecule has 0 fully saturated rings. The van der Waals surface area contributed by atoms with Crippen LogP contribution in [0.4, 0.5) is 13.2 Å². The van der Waals surface area contributed by atoms with Gasteiger partial charge in [0.1, 0.15) is 18.1 Å². The van der Waals surface area contributed by atoms with E-state index in [4.69, 9.17) is 9.84 Å². The molecule has 30 heavy (non-hydrogen) atoms. The molecule has 0 saturated carbocycles. The summed E-state index contributed by atoms with van der Waals surface area (Å²) in [5.41, 5.74) is 2.81. The van der Waals surface area contributed by atoms with Crippen molar-refractivity contribution in [3.05, 3.63) is 90.0 Å². The smallest absolute Gasteiger partial charge is 0.488 e. The van der Waals surface area contributed by atoms with Crippen molar-refractivity contribution >= 4 is 12.0 Å². The number of hydrogen-bond donors (Lipinski definition) is 1. The molecule has 0 aliphatic carbocycles. The van der Waals surface area contributed by atoms with E-state index in [2.05, 4.69) is 4.74 Å². The maximum atomic E-state index is 12.3. The molecule has 154 valence electrons. The lowest BCUT2D eigenvalue weighted by molar-refractivity contribution is -0.274. The molecule has 0 aromatic heterocycles. The topological polar surface area (TPSA) is 55.8 Å². The largest absolute Gasteiger partial charge is 0.573 e. The fourth-order valence-electron chi connectivity index (χ4n) is 2.74. The Hall–Kier alpha value is -3.74. The van der Waals surface area contributed by atoms with E-state index in [9.17, 15) is 18.0 Å². The number of halogens is 3. The molecule has 3 rings (SSSR count). The number of alkyl halides is 3. The minimum atomic E-state index is -4.76. The Kier molecular flexibility index (Phi) is 6.41. The third kappa shape index (κ3) is 6.13. The molecule has 4 nitrogen and oxygen atoms in total. The van der Waals surface area contributed by atoms with Gasteiger partial charge in [-0.15, -0.1) is 13.2 Å². The van der Waals surface area contributed by atoms with Crippen LogP contribution in [0.15, 0.2) is 78.9 Å². The van der Waals surface area contributed by atoms with Gasteiger partial charge < -0.3 is 14.6 Å². The minimum Gasteiger partial charge on any atom is -0.488 e. The van der Waals surface area contributed by atoms with Gasteiger partial charge in [0.2, 0.25) is 0 Å². The van der Waals surface area contributed by atoms with Crippen molar-refractivity contribution in [3.8, 4) is 22.6 Å². The van der Waals surface area contributed by atoms with Gasteiger partial charge in [0.05, 0.1) is 0 Å². The van der Waals surface area contributed by atoms with Gasteiger partial charge in [0.15, 0.2) is 0 Å². The van der Waals surface area contributed by atoms with Crippen molar-refractivity contribution in [1.82, 2.24) is 0 Å². The Morgan fingerprint density at radius 2 is 1.60 bits per heavy atom. The first-order chi connectivity index (χ1) is 14.3. The predicted molar refractivity (Wildman–Crippen MR) is 106 cm³/mol. The van der Waals surface area contributed by atoms with Gasteiger partial charge in [-0.2, -0.15) is 0 Å². The summed E-state index contributed by atoms with van der Waals surface area (Å²) in [6.07, 6.45) is -2.35. The summed E-state index contributed by atoms with van der Waals surface area (Å²) in [6, 6.07) is 20.1. The second-order valence-corrected chi connectivity index (χ2v) is 6.27. The van der Waals surface area contributed by atoms with Gasteiger partial charge in [-0.3, -0.25) is 0 Å². The quantitative estimate of drug-likeness (QED) is 0.487. The van der Waals surface area contributed by atoms with E-state index in [1.807, 2.05) is 30.3 Å². The zero-order chi connectivity index (χ0) is 21.6. The highest BCUT2D eigenvalue weighted by Gasteiger charge is 2.30. The zero-order valence-corrected chi connectivity index (χ0v) is 15.6. The van der Waals surface area contributed by atoms with Crippen LogP contribution < -0.4 is 9.47 Å². The van der Waals surface area contributed by atoms with Crippen molar-refractivity contribution < 1.29 is 32.5 Å². The second kappa shape index (κ2) is 9.17. The first kappa shape index (κ1) is 21.0. The summed E-state index contributed by atoms with van der Waals surface area (Å²) in [4.78, 5) is 10.9. The van der Waals surface area contributed by atoms with E-state index in [0.717, 1.165) is 11.6 Å². The predicted octanol–water partition coefficient (Wildman–Crippen LogP) is 5.93. The maximum absolute atomic E-state index is 12.3. The van der Waals surface area contributed by atoms with E-state index < -0.39 is 12.3 Å². The van der Waals surface area contributed by atoms with E-state index in [1.165, 1.54) is 30.3 Å².